The molecular weight excluding hydrogens is 396 g/mol. The maximum Gasteiger partial charge on any atom is 0.238 e. The van der Waals surface area contributed by atoms with Crippen LogP contribution in [0.15, 0.2) is 47.4 Å². The quantitative estimate of drug-likeness (QED) is 0.545. The summed E-state index contributed by atoms with van der Waals surface area (Å²) in [7, 11) is -4.01. The van der Waals surface area contributed by atoms with Gasteiger partial charge in [0.2, 0.25) is 15.8 Å². The molecule has 10 nitrogen and oxygen atoms in total. The Hall–Kier alpha value is -2.70. The van der Waals surface area contributed by atoms with Gasteiger partial charge in [-0.05, 0) is 28.0 Å². The first-order chi connectivity index (χ1) is 13.9. The van der Waals surface area contributed by atoms with Gasteiger partial charge in [-0.3, -0.25) is 4.90 Å². The van der Waals surface area contributed by atoms with Gasteiger partial charge in [0.05, 0.1) is 23.7 Å². The Morgan fingerprint density at radius 1 is 1.14 bits per heavy atom. The lowest BCUT2D eigenvalue weighted by Crippen LogP contribution is -2.38. The van der Waals surface area contributed by atoms with E-state index in [1.165, 1.54) is 6.07 Å². The predicted molar refractivity (Wildman–Crippen MR) is 104 cm³/mol. The molecule has 2 heterocycles. The summed E-state index contributed by atoms with van der Waals surface area (Å²) in [6.45, 7) is 2.48. The third-order valence-electron chi connectivity index (χ3n) is 4.81. The minimum Gasteiger partial charge on any atom is -0.379 e. The molecular formula is C18H20N6O4S. The van der Waals surface area contributed by atoms with E-state index in [1.807, 2.05) is 17.0 Å². The molecule has 29 heavy (non-hydrogen) atoms. The number of rotatable bonds is 5. The smallest absolute Gasteiger partial charge is 0.238 e. The second kappa shape index (κ2) is 7.97. The van der Waals surface area contributed by atoms with E-state index in [0.29, 0.717) is 31.9 Å². The highest BCUT2D eigenvalue weighted by molar-refractivity contribution is 7.89. The minimum absolute atomic E-state index is 0.0890. The summed E-state index contributed by atoms with van der Waals surface area (Å²) in [5.74, 6) is 0.127. The fraction of sp³-hybridized carbons (Fsp3) is 0.278. The molecule has 1 atom stereocenters. The normalized spacial score (nSPS) is 16.6. The molecule has 152 valence electrons. The van der Waals surface area contributed by atoms with Crippen LogP contribution in [0.3, 0.4) is 0 Å². The van der Waals surface area contributed by atoms with E-state index in [0.717, 1.165) is 11.1 Å². The van der Waals surface area contributed by atoms with Crippen LogP contribution >= 0.6 is 0 Å². The highest BCUT2D eigenvalue weighted by Crippen LogP contribution is 2.35. The number of aromatic amines is 1. The fourth-order valence-corrected chi connectivity index (χ4v) is 4.13. The second-order valence-corrected chi connectivity index (χ2v) is 8.13. The lowest BCUT2D eigenvalue weighted by molar-refractivity contribution is -0.0603. The Balaban J connectivity index is 1.74. The molecule has 2 aromatic carbocycles. The van der Waals surface area contributed by atoms with Crippen molar-refractivity contribution in [3.63, 3.8) is 0 Å². The maximum atomic E-state index is 12.1. The minimum atomic E-state index is -4.01. The Kier molecular flexibility index (Phi) is 5.39. The monoisotopic (exact) mass is 416 g/mol. The van der Waals surface area contributed by atoms with Gasteiger partial charge in [-0.2, -0.15) is 5.21 Å². The van der Waals surface area contributed by atoms with E-state index >= 15 is 0 Å². The summed E-state index contributed by atoms with van der Waals surface area (Å²) < 4.78 is 29.5. The molecule has 1 fully saturated rings. The number of sulfonamides is 1. The van der Waals surface area contributed by atoms with E-state index in [9.17, 15) is 13.5 Å². The lowest BCUT2D eigenvalue weighted by atomic mass is 9.97. The first-order valence-corrected chi connectivity index (χ1v) is 10.5. The number of nitrogens with zero attached hydrogens (tertiary/aromatic N) is 4. The number of H-pyrrole nitrogens is 1. The highest BCUT2D eigenvalue weighted by atomic mass is 32.2. The van der Waals surface area contributed by atoms with Crippen molar-refractivity contribution in [2.24, 2.45) is 5.14 Å². The number of primary sulfonamides is 1. The van der Waals surface area contributed by atoms with E-state index in [-0.39, 0.29) is 16.3 Å². The van der Waals surface area contributed by atoms with Gasteiger partial charge in [0.15, 0.2) is 0 Å². The standard InChI is InChI=1S/C18H20N6O4S/c19-29(26,27)15-3-1-2-14(16(15)17-20-22-23-21-17)12-4-6-13(7-5-12)18(25)24-8-10-28-11-9-24/h1-7,18,25H,8-11H2,(H2,19,26,27)(H,20,21,22,23). The summed E-state index contributed by atoms with van der Waals surface area (Å²) in [5.41, 5.74) is 2.32. The number of morpholine rings is 1. The van der Waals surface area contributed by atoms with Gasteiger partial charge in [-0.15, -0.1) is 10.2 Å². The fourth-order valence-electron chi connectivity index (χ4n) is 3.37. The first kappa shape index (κ1) is 19.6. The van der Waals surface area contributed by atoms with Gasteiger partial charge in [0.1, 0.15) is 6.23 Å². The molecule has 1 aliphatic rings. The zero-order valence-corrected chi connectivity index (χ0v) is 16.2. The van der Waals surface area contributed by atoms with E-state index in [4.69, 9.17) is 9.88 Å². The molecule has 0 spiro atoms. The largest absolute Gasteiger partial charge is 0.379 e. The van der Waals surface area contributed by atoms with Gasteiger partial charge in [-0.25, -0.2) is 13.6 Å². The van der Waals surface area contributed by atoms with Crippen molar-refractivity contribution in [2.75, 3.05) is 26.3 Å². The number of aromatic nitrogens is 4. The molecule has 1 aliphatic heterocycles. The molecule has 1 aromatic heterocycles. The predicted octanol–water partition coefficient (Wildman–Crippen LogP) is 0.504. The Morgan fingerprint density at radius 2 is 1.86 bits per heavy atom. The zero-order valence-electron chi connectivity index (χ0n) is 15.4. The van der Waals surface area contributed by atoms with E-state index in [2.05, 4.69) is 20.6 Å². The molecule has 0 saturated carbocycles. The van der Waals surface area contributed by atoms with Crippen LogP contribution in [0.2, 0.25) is 0 Å². The summed E-state index contributed by atoms with van der Waals surface area (Å²) >= 11 is 0. The van der Waals surface area contributed by atoms with Crippen LogP contribution in [-0.2, 0) is 14.8 Å². The van der Waals surface area contributed by atoms with Crippen molar-refractivity contribution >= 4 is 10.0 Å². The molecule has 0 radical (unpaired) electrons. The third kappa shape index (κ3) is 4.04. The molecule has 0 aliphatic carbocycles. The van der Waals surface area contributed by atoms with Crippen molar-refractivity contribution in [2.45, 2.75) is 11.1 Å². The van der Waals surface area contributed by atoms with Crippen molar-refractivity contribution in [3.8, 4) is 22.5 Å². The van der Waals surface area contributed by atoms with Crippen molar-refractivity contribution in [1.82, 2.24) is 25.5 Å². The molecule has 1 saturated heterocycles. The average molecular weight is 416 g/mol. The van der Waals surface area contributed by atoms with E-state index in [1.54, 1.807) is 24.3 Å². The highest BCUT2D eigenvalue weighted by Gasteiger charge is 2.23. The van der Waals surface area contributed by atoms with E-state index < -0.39 is 16.3 Å². The van der Waals surface area contributed by atoms with Gasteiger partial charge >= 0.3 is 0 Å². The number of ether oxygens (including phenoxy) is 1. The molecule has 3 aromatic rings. The van der Waals surface area contributed by atoms with Gasteiger partial charge in [-0.1, -0.05) is 36.4 Å². The molecule has 4 rings (SSSR count). The zero-order chi connectivity index (χ0) is 20.4. The maximum absolute atomic E-state index is 12.1. The van der Waals surface area contributed by atoms with Crippen LogP contribution in [0, 0.1) is 0 Å². The summed E-state index contributed by atoms with van der Waals surface area (Å²) in [4.78, 5) is 1.85. The summed E-state index contributed by atoms with van der Waals surface area (Å²) in [6.07, 6.45) is -0.736. The SMILES string of the molecule is NS(=O)(=O)c1cccc(-c2ccc(C(O)N3CCOCC3)cc2)c1-c1nn[nH]n1. The van der Waals surface area contributed by atoms with Crippen molar-refractivity contribution in [3.05, 3.63) is 48.0 Å². The molecule has 0 amide bonds. The van der Waals surface area contributed by atoms with Crippen LogP contribution in [-0.4, -0.2) is 65.4 Å². The van der Waals surface area contributed by atoms with Crippen molar-refractivity contribution < 1.29 is 18.3 Å². The first-order valence-electron chi connectivity index (χ1n) is 8.95. The van der Waals surface area contributed by atoms with Gasteiger partial charge in [0, 0.05) is 13.1 Å². The summed E-state index contributed by atoms with van der Waals surface area (Å²) in [6, 6.07) is 12.0. The number of benzene rings is 2. The number of aliphatic hydroxyl groups excluding tert-OH is 1. The van der Waals surface area contributed by atoms with Gasteiger partial charge < -0.3 is 9.84 Å². The number of nitrogens with two attached hydrogens (primary N) is 1. The van der Waals surface area contributed by atoms with Crippen molar-refractivity contribution in [1.29, 1.82) is 0 Å². The Morgan fingerprint density at radius 3 is 2.48 bits per heavy atom. The number of tetrazole rings is 1. The van der Waals surface area contributed by atoms with Crippen LogP contribution in [0.1, 0.15) is 11.8 Å². The number of aliphatic hydroxyl groups is 1. The molecule has 11 heteroatoms. The topological polar surface area (TPSA) is 147 Å². The van der Waals surface area contributed by atoms with Crippen LogP contribution in [0.4, 0.5) is 0 Å². The lowest BCUT2D eigenvalue weighted by Gasteiger charge is -2.31. The Bertz CT molecular complexity index is 1080. The van der Waals surface area contributed by atoms with Crippen LogP contribution in [0.25, 0.3) is 22.5 Å². The third-order valence-corrected chi connectivity index (χ3v) is 5.77. The molecule has 0 bridgehead atoms. The van der Waals surface area contributed by atoms with Gasteiger partial charge in [0.25, 0.3) is 0 Å². The molecule has 1 unspecified atom stereocenters. The van der Waals surface area contributed by atoms with Crippen LogP contribution in [0.5, 0.6) is 0 Å². The summed E-state index contributed by atoms with van der Waals surface area (Å²) in [5, 5.41) is 29.7. The average Bonchev–Trinajstić information content (AvgIpc) is 3.27. The second-order valence-electron chi connectivity index (χ2n) is 6.60. The number of hydrogen-bond acceptors (Lipinski definition) is 8. The number of nitrogens with one attached hydrogen (secondary N) is 1. The molecule has 4 N–H and O–H groups in total. The van der Waals surface area contributed by atoms with Crippen LogP contribution < -0.4 is 5.14 Å². The Labute approximate surface area is 167 Å². The number of hydrogen-bond donors (Lipinski definition) is 3.